The van der Waals surface area contributed by atoms with E-state index >= 15 is 0 Å². The van der Waals surface area contributed by atoms with Crippen LogP contribution in [-0.2, 0) is 24.3 Å². The molecule has 166 valence electrons. The Balaban J connectivity index is 1.75. The maximum Gasteiger partial charge on any atom is 0.259 e. The van der Waals surface area contributed by atoms with Crippen molar-refractivity contribution in [2.45, 2.75) is 40.3 Å². The van der Waals surface area contributed by atoms with Gasteiger partial charge in [-0.15, -0.1) is 0 Å². The fourth-order valence-electron chi connectivity index (χ4n) is 4.01. The van der Waals surface area contributed by atoms with Gasteiger partial charge in [-0.3, -0.25) is 19.1 Å². The quantitative estimate of drug-likeness (QED) is 0.665. The molecule has 1 aliphatic heterocycles. The molecule has 0 saturated carbocycles. The number of benzene rings is 2. The molecule has 6 nitrogen and oxygen atoms in total. The van der Waals surface area contributed by atoms with Gasteiger partial charge in [0.25, 0.3) is 5.56 Å². The van der Waals surface area contributed by atoms with Crippen LogP contribution in [0.1, 0.15) is 29.3 Å². The molecule has 1 aliphatic rings. The number of hydrogen-bond acceptors (Lipinski definition) is 4. The van der Waals surface area contributed by atoms with Crippen LogP contribution in [-0.4, -0.2) is 33.4 Å². The maximum atomic E-state index is 13.5. The van der Waals surface area contributed by atoms with Crippen molar-refractivity contribution >= 4 is 11.6 Å². The molecule has 2 aromatic carbocycles. The molecule has 0 atom stereocenters. The number of hydrogen-bond donors (Lipinski definition) is 1. The summed E-state index contributed by atoms with van der Waals surface area (Å²) in [7, 11) is 0. The van der Waals surface area contributed by atoms with Gasteiger partial charge >= 0.3 is 0 Å². The average Bonchev–Trinajstić information content (AvgIpc) is 2.78. The molecular weight excluding hydrogens is 407 g/mol. The highest BCUT2D eigenvalue weighted by atomic mass is 19.1. The van der Waals surface area contributed by atoms with Gasteiger partial charge in [-0.1, -0.05) is 19.1 Å². The first-order valence-electron chi connectivity index (χ1n) is 10.8. The minimum atomic E-state index is -0.369. The number of carbonyl (C=O) groups excluding carboxylic acids is 1. The van der Waals surface area contributed by atoms with Crippen LogP contribution in [0.15, 0.2) is 47.3 Å². The van der Waals surface area contributed by atoms with E-state index in [1.54, 1.807) is 12.1 Å². The SMILES string of the molecule is CCN1CCc2nc(-c3ccc(F)cc3)n(CC(=O)Nc3cc(C)ccc3C)c(=O)c2C1. The molecule has 0 radical (unpaired) electrons. The second-order valence-electron chi connectivity index (χ2n) is 8.24. The van der Waals surface area contributed by atoms with E-state index in [0.29, 0.717) is 29.9 Å². The molecule has 2 heterocycles. The smallest absolute Gasteiger partial charge is 0.259 e. The van der Waals surface area contributed by atoms with Gasteiger partial charge < -0.3 is 5.32 Å². The highest BCUT2D eigenvalue weighted by Gasteiger charge is 2.24. The maximum absolute atomic E-state index is 13.5. The molecule has 1 aromatic heterocycles. The molecule has 1 amide bonds. The van der Waals surface area contributed by atoms with Crippen LogP contribution in [0.5, 0.6) is 0 Å². The molecule has 0 bridgehead atoms. The van der Waals surface area contributed by atoms with Crippen LogP contribution < -0.4 is 10.9 Å². The first kappa shape index (κ1) is 21.9. The molecule has 0 unspecified atom stereocenters. The fourth-order valence-corrected chi connectivity index (χ4v) is 4.01. The standard InChI is InChI=1S/C25H27FN4O2/c1-4-29-12-11-21-20(14-29)25(32)30(24(28-21)18-7-9-19(26)10-8-18)15-23(31)27-22-13-16(2)5-6-17(22)3/h5-10,13H,4,11-12,14-15H2,1-3H3,(H,27,31). The lowest BCUT2D eigenvalue weighted by Crippen LogP contribution is -2.39. The van der Waals surface area contributed by atoms with Crippen molar-refractivity contribution in [3.8, 4) is 11.4 Å². The van der Waals surface area contributed by atoms with E-state index in [2.05, 4.69) is 17.1 Å². The second-order valence-corrected chi connectivity index (χ2v) is 8.24. The van der Waals surface area contributed by atoms with Gasteiger partial charge in [-0.25, -0.2) is 9.37 Å². The van der Waals surface area contributed by atoms with Crippen LogP contribution in [0.4, 0.5) is 10.1 Å². The summed E-state index contributed by atoms with van der Waals surface area (Å²) in [5, 5.41) is 2.92. The molecule has 0 fully saturated rings. The Morgan fingerprint density at radius 3 is 2.62 bits per heavy atom. The zero-order valence-corrected chi connectivity index (χ0v) is 18.6. The van der Waals surface area contributed by atoms with E-state index in [1.165, 1.54) is 16.7 Å². The zero-order chi connectivity index (χ0) is 22.8. The number of fused-ring (bicyclic) bond motifs is 1. The lowest BCUT2D eigenvalue weighted by Gasteiger charge is -2.27. The van der Waals surface area contributed by atoms with E-state index in [-0.39, 0.29) is 23.8 Å². The molecule has 0 aliphatic carbocycles. The van der Waals surface area contributed by atoms with Crippen LogP contribution in [0.2, 0.25) is 0 Å². The fraction of sp³-hybridized carbons (Fsp3) is 0.320. The number of aryl methyl sites for hydroxylation is 2. The molecule has 1 N–H and O–H groups in total. The van der Waals surface area contributed by atoms with Crippen molar-refractivity contribution in [1.29, 1.82) is 0 Å². The zero-order valence-electron chi connectivity index (χ0n) is 18.6. The monoisotopic (exact) mass is 434 g/mol. The summed E-state index contributed by atoms with van der Waals surface area (Å²) in [5.41, 5.74) is 4.46. The molecule has 32 heavy (non-hydrogen) atoms. The first-order chi connectivity index (χ1) is 15.4. The lowest BCUT2D eigenvalue weighted by atomic mass is 10.1. The molecule has 7 heteroatoms. The summed E-state index contributed by atoms with van der Waals surface area (Å²) in [4.78, 5) is 33.4. The van der Waals surface area contributed by atoms with E-state index in [4.69, 9.17) is 4.98 Å². The normalized spacial score (nSPS) is 13.6. The number of carbonyl (C=O) groups is 1. The minimum Gasteiger partial charge on any atom is -0.324 e. The minimum absolute atomic E-state index is 0.175. The van der Waals surface area contributed by atoms with Crippen LogP contribution in [0, 0.1) is 19.7 Å². The molecular formula is C25H27FN4O2. The van der Waals surface area contributed by atoms with E-state index in [0.717, 1.165) is 35.6 Å². The highest BCUT2D eigenvalue weighted by Crippen LogP contribution is 2.22. The van der Waals surface area contributed by atoms with Crippen molar-refractivity contribution in [2.24, 2.45) is 0 Å². The number of rotatable bonds is 5. The Kier molecular flexibility index (Phi) is 6.19. The average molecular weight is 435 g/mol. The summed E-state index contributed by atoms with van der Waals surface area (Å²) in [6.45, 7) is 7.94. The number of nitrogens with one attached hydrogen (secondary N) is 1. The molecule has 3 aromatic rings. The van der Waals surface area contributed by atoms with E-state index in [1.807, 2.05) is 32.0 Å². The van der Waals surface area contributed by atoms with Crippen LogP contribution in [0.3, 0.4) is 0 Å². The van der Waals surface area contributed by atoms with E-state index in [9.17, 15) is 14.0 Å². The summed E-state index contributed by atoms with van der Waals surface area (Å²) in [6, 6.07) is 11.7. The Morgan fingerprint density at radius 2 is 1.91 bits per heavy atom. The number of halogens is 1. The Bertz CT molecular complexity index is 1220. The largest absolute Gasteiger partial charge is 0.324 e. The van der Waals surface area contributed by atoms with Gasteiger partial charge in [0.1, 0.15) is 18.2 Å². The Labute approximate surface area is 186 Å². The second kappa shape index (κ2) is 9.04. The predicted molar refractivity (Wildman–Crippen MR) is 123 cm³/mol. The summed E-state index contributed by atoms with van der Waals surface area (Å²) in [5.74, 6) is -0.296. The summed E-state index contributed by atoms with van der Waals surface area (Å²) >= 11 is 0. The van der Waals surface area contributed by atoms with Crippen molar-refractivity contribution < 1.29 is 9.18 Å². The summed E-state index contributed by atoms with van der Waals surface area (Å²) in [6.07, 6.45) is 0.669. The van der Waals surface area contributed by atoms with Crippen molar-refractivity contribution in [3.63, 3.8) is 0 Å². The third-order valence-electron chi connectivity index (χ3n) is 5.91. The summed E-state index contributed by atoms with van der Waals surface area (Å²) < 4.78 is 14.9. The van der Waals surface area contributed by atoms with Gasteiger partial charge in [0.15, 0.2) is 0 Å². The third-order valence-corrected chi connectivity index (χ3v) is 5.91. The lowest BCUT2D eigenvalue weighted by molar-refractivity contribution is -0.116. The number of aromatic nitrogens is 2. The topological polar surface area (TPSA) is 67.2 Å². The molecule has 0 spiro atoms. The van der Waals surface area contributed by atoms with Crippen LogP contribution >= 0.6 is 0 Å². The van der Waals surface area contributed by atoms with Gasteiger partial charge in [-0.05, 0) is 61.9 Å². The Hall–Kier alpha value is -3.32. The molecule has 4 rings (SSSR count). The first-order valence-corrected chi connectivity index (χ1v) is 10.8. The van der Waals surface area contributed by atoms with Gasteiger partial charge in [-0.2, -0.15) is 0 Å². The van der Waals surface area contributed by atoms with Crippen LogP contribution in [0.25, 0.3) is 11.4 Å². The number of likely N-dealkylation sites (N-methyl/N-ethyl adjacent to an activating group) is 1. The highest BCUT2D eigenvalue weighted by molar-refractivity contribution is 5.91. The third kappa shape index (κ3) is 4.48. The van der Waals surface area contributed by atoms with Crippen molar-refractivity contribution in [3.05, 3.63) is 81.0 Å². The predicted octanol–water partition coefficient (Wildman–Crippen LogP) is 3.68. The number of amides is 1. The van der Waals surface area contributed by atoms with Gasteiger partial charge in [0.05, 0.1) is 11.3 Å². The van der Waals surface area contributed by atoms with Crippen molar-refractivity contribution in [1.82, 2.24) is 14.5 Å². The van der Waals surface area contributed by atoms with Crippen molar-refractivity contribution in [2.75, 3.05) is 18.4 Å². The van der Waals surface area contributed by atoms with Gasteiger partial charge in [0.2, 0.25) is 5.91 Å². The van der Waals surface area contributed by atoms with E-state index < -0.39 is 0 Å². The van der Waals surface area contributed by atoms with Gasteiger partial charge in [0, 0.05) is 30.8 Å². The number of nitrogens with zero attached hydrogens (tertiary/aromatic N) is 3. The Morgan fingerprint density at radius 1 is 1.16 bits per heavy atom. The number of anilines is 1. The molecule has 0 saturated heterocycles.